The fourth-order valence-electron chi connectivity index (χ4n) is 2.99. The van der Waals surface area contributed by atoms with Gasteiger partial charge in [0.25, 0.3) is 5.91 Å². The summed E-state index contributed by atoms with van der Waals surface area (Å²) in [6, 6.07) is 10.4. The van der Waals surface area contributed by atoms with Crippen molar-refractivity contribution in [2.24, 2.45) is 0 Å². The first kappa shape index (κ1) is 17.8. The van der Waals surface area contributed by atoms with Crippen molar-refractivity contribution in [1.29, 1.82) is 0 Å². The van der Waals surface area contributed by atoms with E-state index in [1.807, 2.05) is 0 Å². The second-order valence-electron chi connectivity index (χ2n) is 6.21. The molecule has 0 spiro atoms. The summed E-state index contributed by atoms with van der Waals surface area (Å²) in [5.74, 6) is 0.569. The summed E-state index contributed by atoms with van der Waals surface area (Å²) in [5, 5.41) is 7.83. The van der Waals surface area contributed by atoms with E-state index in [0.717, 1.165) is 0 Å². The molecular weight excluding hydrogens is 364 g/mol. The minimum absolute atomic E-state index is 0.0800. The molecule has 144 valence electrons. The number of aromatic nitrogens is 2. The summed E-state index contributed by atoms with van der Waals surface area (Å²) in [7, 11) is 1.57. The molecule has 0 unspecified atom stereocenters. The van der Waals surface area contributed by atoms with Crippen LogP contribution in [0.5, 0.6) is 5.75 Å². The summed E-state index contributed by atoms with van der Waals surface area (Å²) < 4.78 is 15.9. The zero-order valence-electron chi connectivity index (χ0n) is 15.2. The molecule has 0 saturated carbocycles. The van der Waals surface area contributed by atoms with Crippen LogP contribution in [0.25, 0.3) is 11.5 Å². The molecule has 2 aromatic heterocycles. The van der Waals surface area contributed by atoms with E-state index in [4.69, 9.17) is 13.6 Å². The van der Waals surface area contributed by atoms with E-state index in [9.17, 15) is 9.59 Å². The van der Waals surface area contributed by atoms with Crippen molar-refractivity contribution >= 4 is 11.8 Å². The lowest BCUT2D eigenvalue weighted by atomic mass is 10.2. The quantitative estimate of drug-likeness (QED) is 0.679. The topological polar surface area (TPSA) is 102 Å². The number of ether oxygens (including phenoxy) is 1. The van der Waals surface area contributed by atoms with Gasteiger partial charge in [-0.2, -0.15) is 0 Å². The summed E-state index contributed by atoms with van der Waals surface area (Å²) in [5.41, 5.74) is 0.666. The second-order valence-corrected chi connectivity index (χ2v) is 6.21. The van der Waals surface area contributed by atoms with Crippen molar-refractivity contribution < 1.29 is 23.2 Å². The molecule has 1 fully saturated rings. The van der Waals surface area contributed by atoms with Gasteiger partial charge in [-0.15, -0.1) is 10.2 Å². The molecular formula is C19H18N4O5. The number of nitrogens with zero attached hydrogens (tertiary/aromatic N) is 4. The van der Waals surface area contributed by atoms with Crippen LogP contribution >= 0.6 is 0 Å². The maximum absolute atomic E-state index is 12.7. The van der Waals surface area contributed by atoms with Gasteiger partial charge in [0.05, 0.1) is 13.4 Å². The monoisotopic (exact) mass is 382 g/mol. The van der Waals surface area contributed by atoms with Crippen LogP contribution in [-0.2, 0) is 0 Å². The molecule has 0 radical (unpaired) electrons. The van der Waals surface area contributed by atoms with Crippen LogP contribution in [0.15, 0.2) is 51.5 Å². The lowest BCUT2D eigenvalue weighted by Crippen LogP contribution is -2.50. The predicted molar refractivity (Wildman–Crippen MR) is 96.8 cm³/mol. The molecule has 1 aliphatic heterocycles. The average molecular weight is 382 g/mol. The first-order valence-electron chi connectivity index (χ1n) is 8.75. The number of benzene rings is 1. The fraction of sp³-hybridized carbons (Fsp3) is 0.263. The molecule has 1 aliphatic rings. The van der Waals surface area contributed by atoms with Gasteiger partial charge < -0.3 is 23.4 Å². The molecule has 0 N–H and O–H groups in total. The summed E-state index contributed by atoms with van der Waals surface area (Å²) in [6.45, 7) is 1.56. The lowest BCUT2D eigenvalue weighted by Gasteiger charge is -2.33. The Morgan fingerprint density at radius 3 is 2.43 bits per heavy atom. The van der Waals surface area contributed by atoms with Gasteiger partial charge in [-0.1, -0.05) is 6.07 Å². The Kier molecular flexibility index (Phi) is 4.79. The zero-order valence-corrected chi connectivity index (χ0v) is 15.2. The highest BCUT2D eigenvalue weighted by atomic mass is 16.5. The van der Waals surface area contributed by atoms with Gasteiger partial charge in [-0.3, -0.25) is 9.59 Å². The van der Waals surface area contributed by atoms with Crippen molar-refractivity contribution in [2.45, 2.75) is 0 Å². The minimum atomic E-state index is -0.355. The number of carbonyl (C=O) groups excluding carboxylic acids is 2. The van der Waals surface area contributed by atoms with Gasteiger partial charge in [0, 0.05) is 31.7 Å². The molecule has 1 saturated heterocycles. The molecule has 0 aliphatic carbocycles. The first-order valence-corrected chi connectivity index (χ1v) is 8.75. The van der Waals surface area contributed by atoms with Crippen molar-refractivity contribution in [1.82, 2.24) is 20.0 Å². The van der Waals surface area contributed by atoms with E-state index in [1.54, 1.807) is 53.3 Å². The summed E-state index contributed by atoms with van der Waals surface area (Å²) in [6.07, 6.45) is 1.46. The Hall–Kier alpha value is -3.62. The molecule has 0 bridgehead atoms. The van der Waals surface area contributed by atoms with Crippen molar-refractivity contribution in [3.8, 4) is 17.2 Å². The number of rotatable bonds is 4. The van der Waals surface area contributed by atoms with Gasteiger partial charge >= 0.3 is 11.8 Å². The normalized spacial score (nSPS) is 14.2. The van der Waals surface area contributed by atoms with E-state index >= 15 is 0 Å². The largest absolute Gasteiger partial charge is 0.497 e. The van der Waals surface area contributed by atoms with Gasteiger partial charge in [-0.05, 0) is 30.3 Å². The highest BCUT2D eigenvalue weighted by Gasteiger charge is 2.29. The van der Waals surface area contributed by atoms with E-state index in [-0.39, 0.29) is 23.6 Å². The Morgan fingerprint density at radius 1 is 1.00 bits per heavy atom. The van der Waals surface area contributed by atoms with Crippen LogP contribution in [0.3, 0.4) is 0 Å². The van der Waals surface area contributed by atoms with Crippen LogP contribution in [0.2, 0.25) is 0 Å². The molecule has 4 rings (SSSR count). The van der Waals surface area contributed by atoms with Gasteiger partial charge in [0.1, 0.15) is 5.75 Å². The lowest BCUT2D eigenvalue weighted by molar-refractivity contribution is 0.0498. The molecule has 28 heavy (non-hydrogen) atoms. The Balaban J connectivity index is 1.40. The minimum Gasteiger partial charge on any atom is -0.497 e. The average Bonchev–Trinajstić information content (AvgIpc) is 3.45. The molecule has 2 amide bonds. The third kappa shape index (κ3) is 3.46. The van der Waals surface area contributed by atoms with Gasteiger partial charge in [0.15, 0.2) is 5.76 Å². The van der Waals surface area contributed by atoms with E-state index in [0.29, 0.717) is 43.3 Å². The van der Waals surface area contributed by atoms with Crippen LogP contribution in [0.1, 0.15) is 21.2 Å². The Morgan fingerprint density at radius 2 is 1.75 bits per heavy atom. The maximum atomic E-state index is 12.7. The van der Waals surface area contributed by atoms with Crippen molar-refractivity contribution in [3.05, 3.63) is 54.3 Å². The molecule has 9 heteroatoms. The third-order valence-electron chi connectivity index (χ3n) is 4.51. The highest BCUT2D eigenvalue weighted by Crippen LogP contribution is 2.23. The van der Waals surface area contributed by atoms with Gasteiger partial charge in [-0.25, -0.2) is 0 Å². The first-order chi connectivity index (χ1) is 13.7. The maximum Gasteiger partial charge on any atom is 0.311 e. The molecule has 3 aromatic rings. The van der Waals surface area contributed by atoms with Crippen LogP contribution in [-0.4, -0.2) is 65.1 Å². The fourth-order valence-corrected chi connectivity index (χ4v) is 2.99. The zero-order chi connectivity index (χ0) is 19.5. The smallest absolute Gasteiger partial charge is 0.311 e. The molecule has 1 aromatic carbocycles. The Bertz CT molecular complexity index is 974. The molecule has 3 heterocycles. The third-order valence-corrected chi connectivity index (χ3v) is 4.51. The van der Waals surface area contributed by atoms with E-state index < -0.39 is 0 Å². The standard InChI is InChI=1S/C19H18N4O5/c1-26-14-5-2-4-13(12-14)16-20-21-17(28-16)19(25)23-9-7-22(8-10-23)18(24)15-6-3-11-27-15/h2-6,11-12H,7-10H2,1H3. The van der Waals surface area contributed by atoms with E-state index in [2.05, 4.69) is 10.2 Å². The van der Waals surface area contributed by atoms with Crippen molar-refractivity contribution in [2.75, 3.05) is 33.3 Å². The predicted octanol–water partition coefficient (Wildman–Crippen LogP) is 1.94. The number of carbonyl (C=O) groups is 2. The second kappa shape index (κ2) is 7.55. The molecule has 0 atom stereocenters. The molecule has 9 nitrogen and oxygen atoms in total. The Labute approximate surface area is 160 Å². The SMILES string of the molecule is COc1cccc(-c2nnc(C(=O)N3CCN(C(=O)c4ccco4)CC3)o2)c1. The van der Waals surface area contributed by atoms with Crippen LogP contribution < -0.4 is 4.74 Å². The number of piperazine rings is 1. The highest BCUT2D eigenvalue weighted by molar-refractivity contribution is 5.92. The van der Waals surface area contributed by atoms with E-state index in [1.165, 1.54) is 6.26 Å². The number of furan rings is 1. The van der Waals surface area contributed by atoms with Crippen molar-refractivity contribution in [3.63, 3.8) is 0 Å². The number of hydrogen-bond acceptors (Lipinski definition) is 7. The number of methoxy groups -OCH3 is 1. The number of hydrogen-bond donors (Lipinski definition) is 0. The summed E-state index contributed by atoms with van der Waals surface area (Å²) >= 11 is 0. The van der Waals surface area contributed by atoms with Crippen LogP contribution in [0, 0.1) is 0 Å². The van der Waals surface area contributed by atoms with Crippen LogP contribution in [0.4, 0.5) is 0 Å². The summed E-state index contributed by atoms with van der Waals surface area (Å²) in [4.78, 5) is 28.2. The number of amides is 2. The van der Waals surface area contributed by atoms with Gasteiger partial charge in [0.2, 0.25) is 5.89 Å².